The Morgan fingerprint density at radius 3 is 3.00 bits per heavy atom. The van der Waals surface area contributed by atoms with Crippen LogP contribution in [0.3, 0.4) is 0 Å². The van der Waals surface area contributed by atoms with Gasteiger partial charge >= 0.3 is 0 Å². The molecule has 0 radical (unpaired) electrons. The molecule has 1 aliphatic heterocycles. The molecule has 1 unspecified atom stereocenters. The second kappa shape index (κ2) is 6.01. The summed E-state index contributed by atoms with van der Waals surface area (Å²) < 4.78 is 10.9. The summed E-state index contributed by atoms with van der Waals surface area (Å²) in [5.74, 6) is 0.834. The monoisotopic (exact) mass is 248 g/mol. The van der Waals surface area contributed by atoms with Crippen LogP contribution < -0.4 is 4.74 Å². The van der Waals surface area contributed by atoms with Crippen LogP contribution in [-0.2, 0) is 4.74 Å². The second-order valence-corrected chi connectivity index (χ2v) is 4.71. The molecule has 2 rings (SSSR count). The Morgan fingerprint density at radius 1 is 1.50 bits per heavy atom. The van der Waals surface area contributed by atoms with Gasteiger partial charge in [0.1, 0.15) is 5.75 Å². The number of rotatable bonds is 4. The highest BCUT2D eigenvalue weighted by atomic mass is 16.5. The van der Waals surface area contributed by atoms with Crippen molar-refractivity contribution in [3.63, 3.8) is 0 Å². The maximum Gasteiger partial charge on any atom is 0.171 e. The van der Waals surface area contributed by atoms with Crippen molar-refractivity contribution in [2.75, 3.05) is 19.8 Å². The van der Waals surface area contributed by atoms with Crippen LogP contribution in [0.25, 0.3) is 0 Å². The number of carbonyl (C=O) groups is 1. The van der Waals surface area contributed by atoms with Crippen LogP contribution in [-0.4, -0.2) is 25.6 Å². The van der Waals surface area contributed by atoms with Gasteiger partial charge in [-0.25, -0.2) is 0 Å². The van der Waals surface area contributed by atoms with Crippen LogP contribution in [0.1, 0.15) is 35.7 Å². The molecular weight excluding hydrogens is 228 g/mol. The Bertz CT molecular complexity index is 420. The van der Waals surface area contributed by atoms with E-state index in [2.05, 4.69) is 0 Å². The number of benzene rings is 1. The average Bonchev–Trinajstić information content (AvgIpc) is 2.41. The van der Waals surface area contributed by atoms with Crippen molar-refractivity contribution < 1.29 is 14.3 Å². The van der Waals surface area contributed by atoms with Gasteiger partial charge < -0.3 is 9.47 Å². The summed E-state index contributed by atoms with van der Waals surface area (Å²) in [5.41, 5.74) is 1.78. The normalized spacial score (nSPS) is 19.6. The van der Waals surface area contributed by atoms with E-state index in [-0.39, 0.29) is 11.7 Å². The molecule has 1 aromatic carbocycles. The van der Waals surface area contributed by atoms with Crippen LogP contribution in [0.15, 0.2) is 18.2 Å². The molecule has 0 saturated carbocycles. The number of ether oxygens (including phenoxy) is 2. The molecule has 0 aliphatic carbocycles. The molecule has 0 bridgehead atoms. The first-order valence-electron chi connectivity index (χ1n) is 6.57. The summed E-state index contributed by atoms with van der Waals surface area (Å²) in [5, 5.41) is 0. The SMILES string of the molecule is CCOc1ccc(C)cc1C(=O)C1CCCOC1. The van der Waals surface area contributed by atoms with E-state index in [0.29, 0.717) is 24.5 Å². The number of hydrogen-bond acceptors (Lipinski definition) is 3. The molecule has 0 amide bonds. The smallest absolute Gasteiger partial charge is 0.171 e. The lowest BCUT2D eigenvalue weighted by Gasteiger charge is -2.22. The quantitative estimate of drug-likeness (QED) is 0.768. The highest BCUT2D eigenvalue weighted by Gasteiger charge is 2.25. The third kappa shape index (κ3) is 2.91. The van der Waals surface area contributed by atoms with Crippen LogP contribution in [0.5, 0.6) is 5.75 Å². The van der Waals surface area contributed by atoms with Gasteiger partial charge in [0.05, 0.1) is 18.8 Å². The largest absolute Gasteiger partial charge is 0.493 e. The predicted molar refractivity (Wildman–Crippen MR) is 70.2 cm³/mol. The molecule has 0 spiro atoms. The van der Waals surface area contributed by atoms with E-state index >= 15 is 0 Å². The van der Waals surface area contributed by atoms with Gasteiger partial charge in [0.25, 0.3) is 0 Å². The minimum absolute atomic E-state index is 0.0141. The first-order valence-corrected chi connectivity index (χ1v) is 6.57. The van der Waals surface area contributed by atoms with Gasteiger partial charge in [-0.05, 0) is 38.8 Å². The Hall–Kier alpha value is -1.35. The highest BCUT2D eigenvalue weighted by Crippen LogP contribution is 2.26. The van der Waals surface area contributed by atoms with Gasteiger partial charge in [-0.2, -0.15) is 0 Å². The van der Waals surface area contributed by atoms with E-state index in [1.165, 1.54) is 0 Å². The van der Waals surface area contributed by atoms with Gasteiger partial charge in [-0.15, -0.1) is 0 Å². The fourth-order valence-electron chi connectivity index (χ4n) is 2.29. The summed E-state index contributed by atoms with van der Waals surface area (Å²) >= 11 is 0. The third-order valence-electron chi connectivity index (χ3n) is 3.23. The van der Waals surface area contributed by atoms with Crippen LogP contribution in [0.4, 0.5) is 0 Å². The molecule has 18 heavy (non-hydrogen) atoms. The predicted octanol–water partition coefficient (Wildman–Crippen LogP) is 3.00. The summed E-state index contributed by atoms with van der Waals surface area (Å²) in [4.78, 5) is 12.5. The maximum absolute atomic E-state index is 12.5. The molecule has 1 fully saturated rings. The van der Waals surface area contributed by atoms with Crippen LogP contribution in [0, 0.1) is 12.8 Å². The highest BCUT2D eigenvalue weighted by molar-refractivity contribution is 6.00. The van der Waals surface area contributed by atoms with Gasteiger partial charge in [0.15, 0.2) is 5.78 Å². The second-order valence-electron chi connectivity index (χ2n) is 4.71. The molecule has 1 saturated heterocycles. The molecule has 1 heterocycles. The van der Waals surface area contributed by atoms with Gasteiger partial charge in [0.2, 0.25) is 0 Å². The van der Waals surface area contributed by atoms with Gasteiger partial charge in [0, 0.05) is 12.5 Å². The first kappa shape index (κ1) is 13.1. The van der Waals surface area contributed by atoms with E-state index in [4.69, 9.17) is 9.47 Å². The van der Waals surface area contributed by atoms with E-state index < -0.39 is 0 Å². The van der Waals surface area contributed by atoms with Crippen molar-refractivity contribution in [3.05, 3.63) is 29.3 Å². The number of ketones is 1. The van der Waals surface area contributed by atoms with E-state index in [0.717, 1.165) is 25.0 Å². The molecule has 0 aromatic heterocycles. The summed E-state index contributed by atoms with van der Waals surface area (Å²) in [6.07, 6.45) is 1.88. The Labute approximate surface area is 108 Å². The average molecular weight is 248 g/mol. The minimum Gasteiger partial charge on any atom is -0.493 e. The van der Waals surface area contributed by atoms with Crippen molar-refractivity contribution in [2.24, 2.45) is 5.92 Å². The molecule has 0 N–H and O–H groups in total. The number of carbonyl (C=O) groups excluding carboxylic acids is 1. The Balaban J connectivity index is 2.24. The van der Waals surface area contributed by atoms with Crippen LogP contribution in [0.2, 0.25) is 0 Å². The summed E-state index contributed by atoms with van der Waals surface area (Å²) in [6.45, 7) is 5.81. The lowest BCUT2D eigenvalue weighted by molar-refractivity contribution is 0.0459. The van der Waals surface area contributed by atoms with Crippen molar-refractivity contribution in [3.8, 4) is 5.75 Å². The van der Waals surface area contributed by atoms with Crippen molar-refractivity contribution in [1.29, 1.82) is 0 Å². The number of Topliss-reactive ketones (excluding diaryl/α,β-unsaturated/α-hetero) is 1. The zero-order chi connectivity index (χ0) is 13.0. The molecule has 1 aromatic rings. The first-order chi connectivity index (χ1) is 8.72. The molecular formula is C15H20O3. The molecule has 3 nitrogen and oxygen atoms in total. The van der Waals surface area contributed by atoms with Crippen molar-refractivity contribution in [1.82, 2.24) is 0 Å². The van der Waals surface area contributed by atoms with E-state index in [1.807, 2.05) is 32.0 Å². The standard InChI is InChI=1S/C15H20O3/c1-3-18-14-7-6-11(2)9-13(14)15(16)12-5-4-8-17-10-12/h6-7,9,12H,3-5,8,10H2,1-2H3. The lowest BCUT2D eigenvalue weighted by Crippen LogP contribution is -2.25. The fourth-order valence-corrected chi connectivity index (χ4v) is 2.29. The lowest BCUT2D eigenvalue weighted by atomic mass is 9.91. The van der Waals surface area contributed by atoms with E-state index in [1.54, 1.807) is 0 Å². The zero-order valence-electron chi connectivity index (χ0n) is 11.1. The maximum atomic E-state index is 12.5. The Morgan fingerprint density at radius 2 is 2.33 bits per heavy atom. The van der Waals surface area contributed by atoms with E-state index in [9.17, 15) is 4.79 Å². The van der Waals surface area contributed by atoms with Crippen molar-refractivity contribution in [2.45, 2.75) is 26.7 Å². The zero-order valence-corrected chi connectivity index (χ0v) is 11.1. The summed E-state index contributed by atoms with van der Waals surface area (Å²) in [7, 11) is 0. The fraction of sp³-hybridized carbons (Fsp3) is 0.533. The Kier molecular flexibility index (Phi) is 4.37. The topological polar surface area (TPSA) is 35.5 Å². The minimum atomic E-state index is -0.0141. The molecule has 3 heteroatoms. The molecule has 1 aliphatic rings. The van der Waals surface area contributed by atoms with Gasteiger partial charge in [-0.1, -0.05) is 11.6 Å². The number of aryl methyl sites for hydroxylation is 1. The number of hydrogen-bond donors (Lipinski definition) is 0. The van der Waals surface area contributed by atoms with Crippen molar-refractivity contribution >= 4 is 5.78 Å². The van der Waals surface area contributed by atoms with Gasteiger partial charge in [-0.3, -0.25) is 4.79 Å². The third-order valence-corrected chi connectivity index (χ3v) is 3.23. The van der Waals surface area contributed by atoms with Crippen LogP contribution >= 0.6 is 0 Å². The molecule has 98 valence electrons. The summed E-state index contributed by atoms with van der Waals surface area (Å²) in [6, 6.07) is 5.77. The molecule has 1 atom stereocenters.